The average Bonchev–Trinajstić information content (AvgIpc) is 2.90. The fourth-order valence-electron chi connectivity index (χ4n) is 3.73. The predicted molar refractivity (Wildman–Crippen MR) is 145 cm³/mol. The highest BCUT2D eigenvalue weighted by molar-refractivity contribution is 7.99. The number of thioether (sulfide) groups is 1. The Kier molecular flexibility index (Phi) is 10.2. The number of hydrogen-bond donors (Lipinski definition) is 3. The van der Waals surface area contributed by atoms with Crippen LogP contribution in [0.25, 0.3) is 11.1 Å². The zero-order chi connectivity index (χ0) is 27.7. The van der Waals surface area contributed by atoms with Crippen molar-refractivity contribution in [1.29, 1.82) is 0 Å². The minimum atomic E-state index is -4.35. The van der Waals surface area contributed by atoms with Gasteiger partial charge in [-0.2, -0.15) is 13.2 Å². The molecule has 38 heavy (non-hydrogen) atoms. The van der Waals surface area contributed by atoms with Gasteiger partial charge in [0.2, 0.25) is 0 Å². The number of aliphatic carboxylic acids is 1. The van der Waals surface area contributed by atoms with Gasteiger partial charge in [0, 0.05) is 34.5 Å². The predicted octanol–water partition coefficient (Wildman–Crippen LogP) is 7.20. The standard InChI is InChI=1S/C29H31F3N2O3S/c1-3-19(2)26(34-24-12-6-22(7-13-24)28(37)33-17-16-27(35)36)18-38-25-14-8-21(9-15-25)20-4-10-23(11-5-20)29(30,31)32/h4-15,19,26,34H,3,16-18H2,1-2H3,(H,33,37)(H,35,36). The molecular weight excluding hydrogens is 513 g/mol. The molecular formula is C29H31F3N2O3S. The molecule has 9 heteroatoms. The lowest BCUT2D eigenvalue weighted by molar-refractivity contribution is -0.138. The number of nitrogens with one attached hydrogen (secondary N) is 2. The molecule has 0 aliphatic rings. The lowest BCUT2D eigenvalue weighted by atomic mass is 10.0. The van der Waals surface area contributed by atoms with Crippen molar-refractivity contribution in [3.8, 4) is 11.1 Å². The first-order chi connectivity index (χ1) is 18.1. The monoisotopic (exact) mass is 544 g/mol. The minimum absolute atomic E-state index is 0.0762. The zero-order valence-electron chi connectivity index (χ0n) is 21.2. The summed E-state index contributed by atoms with van der Waals surface area (Å²) in [4.78, 5) is 23.8. The fraction of sp³-hybridized carbons (Fsp3) is 0.310. The minimum Gasteiger partial charge on any atom is -0.481 e. The van der Waals surface area contributed by atoms with E-state index in [1.807, 2.05) is 36.4 Å². The highest BCUT2D eigenvalue weighted by Crippen LogP contribution is 2.32. The van der Waals surface area contributed by atoms with Gasteiger partial charge >= 0.3 is 12.1 Å². The molecule has 0 saturated carbocycles. The van der Waals surface area contributed by atoms with E-state index >= 15 is 0 Å². The molecule has 0 heterocycles. The SMILES string of the molecule is CCC(C)C(CSc1ccc(-c2ccc(C(F)(F)F)cc2)cc1)Nc1ccc(C(=O)NCCC(=O)O)cc1. The van der Waals surface area contributed by atoms with Gasteiger partial charge in [-0.25, -0.2) is 0 Å². The molecule has 3 rings (SSSR count). The van der Waals surface area contributed by atoms with Gasteiger partial charge in [-0.15, -0.1) is 11.8 Å². The summed E-state index contributed by atoms with van der Waals surface area (Å²) >= 11 is 1.70. The molecule has 0 bridgehead atoms. The quantitative estimate of drug-likeness (QED) is 0.210. The molecule has 0 saturated heterocycles. The molecule has 0 aliphatic carbocycles. The number of halogens is 3. The highest BCUT2D eigenvalue weighted by Gasteiger charge is 2.30. The number of rotatable bonds is 12. The smallest absolute Gasteiger partial charge is 0.416 e. The van der Waals surface area contributed by atoms with Crippen molar-refractivity contribution in [3.63, 3.8) is 0 Å². The van der Waals surface area contributed by atoms with Crippen LogP contribution in [0.4, 0.5) is 18.9 Å². The number of alkyl halides is 3. The number of benzene rings is 3. The van der Waals surface area contributed by atoms with Gasteiger partial charge in [-0.05, 0) is 65.6 Å². The molecule has 3 aromatic rings. The number of carboxylic acids is 1. The fourth-order valence-corrected chi connectivity index (χ4v) is 4.84. The highest BCUT2D eigenvalue weighted by atomic mass is 32.2. The molecule has 2 unspecified atom stereocenters. The Balaban J connectivity index is 1.58. The summed E-state index contributed by atoms with van der Waals surface area (Å²) in [5, 5.41) is 14.8. The molecule has 5 nitrogen and oxygen atoms in total. The van der Waals surface area contributed by atoms with Crippen LogP contribution in [0.5, 0.6) is 0 Å². The maximum absolute atomic E-state index is 12.8. The summed E-state index contributed by atoms with van der Waals surface area (Å²) < 4.78 is 38.5. The Morgan fingerprint density at radius 1 is 0.921 bits per heavy atom. The van der Waals surface area contributed by atoms with E-state index in [9.17, 15) is 22.8 Å². The first-order valence-corrected chi connectivity index (χ1v) is 13.3. The molecule has 3 aromatic carbocycles. The molecule has 0 spiro atoms. The molecule has 2 atom stereocenters. The Hall–Kier alpha value is -3.46. The van der Waals surface area contributed by atoms with Crippen LogP contribution in [0.3, 0.4) is 0 Å². The number of carboxylic acid groups (broad SMARTS) is 1. The van der Waals surface area contributed by atoms with Gasteiger partial charge in [0.1, 0.15) is 0 Å². The summed E-state index contributed by atoms with van der Waals surface area (Å²) in [5.74, 6) is -0.0973. The molecule has 0 aliphatic heterocycles. The van der Waals surface area contributed by atoms with Crippen molar-refractivity contribution in [3.05, 3.63) is 83.9 Å². The lowest BCUT2D eigenvalue weighted by Gasteiger charge is -2.25. The van der Waals surface area contributed by atoms with Crippen molar-refractivity contribution < 1.29 is 27.9 Å². The summed E-state index contributed by atoms with van der Waals surface area (Å²) in [6.07, 6.45) is -3.49. The van der Waals surface area contributed by atoms with E-state index in [2.05, 4.69) is 24.5 Å². The second-order valence-corrected chi connectivity index (χ2v) is 10.1. The molecule has 0 radical (unpaired) electrons. The second-order valence-electron chi connectivity index (χ2n) is 9.02. The van der Waals surface area contributed by atoms with Crippen LogP contribution >= 0.6 is 11.8 Å². The molecule has 1 amide bonds. The number of amides is 1. The number of hydrogen-bond acceptors (Lipinski definition) is 4. The van der Waals surface area contributed by atoms with Gasteiger partial charge < -0.3 is 15.7 Å². The molecule has 202 valence electrons. The lowest BCUT2D eigenvalue weighted by Crippen LogP contribution is -2.29. The van der Waals surface area contributed by atoms with E-state index < -0.39 is 17.7 Å². The van der Waals surface area contributed by atoms with Gasteiger partial charge in [-0.1, -0.05) is 44.5 Å². The van der Waals surface area contributed by atoms with Crippen molar-refractivity contribution in [1.82, 2.24) is 5.32 Å². The zero-order valence-corrected chi connectivity index (χ0v) is 22.0. The van der Waals surface area contributed by atoms with Crippen LogP contribution in [0.2, 0.25) is 0 Å². The topological polar surface area (TPSA) is 78.4 Å². The largest absolute Gasteiger partial charge is 0.481 e. The second kappa shape index (κ2) is 13.4. The Morgan fingerprint density at radius 3 is 2.03 bits per heavy atom. The third kappa shape index (κ3) is 8.55. The van der Waals surface area contributed by atoms with Gasteiger partial charge in [-0.3, -0.25) is 9.59 Å². The van der Waals surface area contributed by atoms with Gasteiger partial charge in [0.25, 0.3) is 5.91 Å². The van der Waals surface area contributed by atoms with E-state index in [0.717, 1.165) is 46.0 Å². The normalized spacial score (nSPS) is 13.0. The third-order valence-corrected chi connectivity index (χ3v) is 7.42. The number of carbonyl (C=O) groups excluding carboxylic acids is 1. The van der Waals surface area contributed by atoms with Crippen LogP contribution in [-0.2, 0) is 11.0 Å². The Morgan fingerprint density at radius 2 is 1.50 bits per heavy atom. The molecule has 0 aromatic heterocycles. The van der Waals surface area contributed by atoms with Crippen LogP contribution in [-0.4, -0.2) is 35.3 Å². The first-order valence-electron chi connectivity index (χ1n) is 12.3. The van der Waals surface area contributed by atoms with Crippen molar-refractivity contribution in [2.45, 2.75) is 43.8 Å². The maximum atomic E-state index is 12.8. The number of carbonyl (C=O) groups is 2. The number of anilines is 1. The van der Waals surface area contributed by atoms with Crippen LogP contribution in [0.1, 0.15) is 42.6 Å². The summed E-state index contributed by atoms with van der Waals surface area (Å²) in [6.45, 7) is 4.39. The Labute approximate surface area is 224 Å². The average molecular weight is 545 g/mol. The van der Waals surface area contributed by atoms with E-state index in [0.29, 0.717) is 11.5 Å². The van der Waals surface area contributed by atoms with E-state index in [1.54, 1.807) is 23.9 Å². The van der Waals surface area contributed by atoms with Crippen LogP contribution in [0.15, 0.2) is 77.7 Å². The third-order valence-electron chi connectivity index (χ3n) is 6.28. The van der Waals surface area contributed by atoms with Crippen molar-refractivity contribution in [2.24, 2.45) is 5.92 Å². The summed E-state index contributed by atoms with van der Waals surface area (Å²) in [6, 6.07) is 20.2. The van der Waals surface area contributed by atoms with Crippen LogP contribution in [0, 0.1) is 5.92 Å². The molecule has 0 fully saturated rings. The van der Waals surface area contributed by atoms with E-state index in [4.69, 9.17) is 5.11 Å². The van der Waals surface area contributed by atoms with E-state index in [-0.39, 0.29) is 24.9 Å². The Bertz CT molecular complexity index is 1200. The first kappa shape index (κ1) is 29.1. The van der Waals surface area contributed by atoms with Gasteiger partial charge in [0.05, 0.1) is 12.0 Å². The summed E-state index contributed by atoms with van der Waals surface area (Å²) in [7, 11) is 0. The molecule has 3 N–H and O–H groups in total. The van der Waals surface area contributed by atoms with Crippen LogP contribution < -0.4 is 10.6 Å². The van der Waals surface area contributed by atoms with Gasteiger partial charge in [0.15, 0.2) is 0 Å². The summed E-state index contributed by atoms with van der Waals surface area (Å²) in [5.41, 5.74) is 2.27. The van der Waals surface area contributed by atoms with Crippen molar-refractivity contribution >= 4 is 29.3 Å². The maximum Gasteiger partial charge on any atom is 0.416 e. The van der Waals surface area contributed by atoms with Crippen molar-refractivity contribution in [2.75, 3.05) is 17.6 Å². The van der Waals surface area contributed by atoms with E-state index in [1.165, 1.54) is 12.1 Å².